The normalized spacial score (nSPS) is 10.5. The van der Waals surface area contributed by atoms with Crippen LogP contribution in [0.3, 0.4) is 0 Å². The van der Waals surface area contributed by atoms with Crippen LogP contribution < -0.4 is 5.56 Å². The van der Waals surface area contributed by atoms with Gasteiger partial charge in [-0.2, -0.15) is 0 Å². The number of rotatable bonds is 1. The van der Waals surface area contributed by atoms with E-state index < -0.39 is 0 Å². The third-order valence-corrected chi connectivity index (χ3v) is 2.03. The van der Waals surface area contributed by atoms with Gasteiger partial charge in [0.1, 0.15) is 0 Å². The lowest BCUT2D eigenvalue weighted by Crippen LogP contribution is -2.02. The summed E-state index contributed by atoms with van der Waals surface area (Å²) in [6, 6.07) is 3.14. The number of nitrogens with zero attached hydrogens (tertiary/aromatic N) is 1. The van der Waals surface area contributed by atoms with Crippen LogP contribution in [-0.2, 0) is 7.05 Å². The summed E-state index contributed by atoms with van der Waals surface area (Å²) in [5.41, 5.74) is 1.77. The Balaban J connectivity index is 2.97. The number of H-pyrrole nitrogens is 1. The molecule has 0 aromatic carbocycles. The molecule has 0 aliphatic rings. The van der Waals surface area contributed by atoms with Crippen molar-refractivity contribution in [1.82, 2.24) is 9.55 Å². The summed E-state index contributed by atoms with van der Waals surface area (Å²) in [4.78, 5) is 24.2. The van der Waals surface area contributed by atoms with Gasteiger partial charge in [-0.25, -0.2) is 0 Å². The van der Waals surface area contributed by atoms with Crippen LogP contribution in [0, 0.1) is 0 Å². The second kappa shape index (κ2) is 2.58. The zero-order valence-electron chi connectivity index (χ0n) is 7.07. The highest BCUT2D eigenvalue weighted by molar-refractivity contribution is 5.94. The Morgan fingerprint density at radius 3 is 2.92 bits per heavy atom. The lowest BCUT2D eigenvalue weighted by Gasteiger charge is -1.92. The monoisotopic (exact) mass is 176 g/mol. The zero-order valence-corrected chi connectivity index (χ0v) is 7.07. The minimum absolute atomic E-state index is 0.193. The maximum Gasteiger partial charge on any atom is 0.248 e. The molecule has 0 unspecified atom stereocenters. The minimum atomic E-state index is -0.193. The number of aryl methyl sites for hydroxylation is 1. The molecule has 2 rings (SSSR count). The third-order valence-electron chi connectivity index (χ3n) is 2.03. The van der Waals surface area contributed by atoms with E-state index in [9.17, 15) is 9.59 Å². The van der Waals surface area contributed by atoms with E-state index in [0.717, 1.165) is 11.8 Å². The first-order valence-corrected chi connectivity index (χ1v) is 3.86. The Hall–Kier alpha value is -1.84. The Kier molecular flexibility index (Phi) is 1.55. The highest BCUT2D eigenvalue weighted by atomic mass is 16.1. The topological polar surface area (TPSA) is 54.9 Å². The van der Waals surface area contributed by atoms with Crippen LogP contribution in [0.2, 0.25) is 0 Å². The standard InChI is InChI=1S/C9H8N2O2/c1-11-4-6(5-12)9-7(11)2-3-8(13)10-9/h2-5H,1H3,(H,10,13). The van der Waals surface area contributed by atoms with Gasteiger partial charge in [-0.05, 0) is 6.07 Å². The van der Waals surface area contributed by atoms with Crippen molar-refractivity contribution in [3.63, 3.8) is 0 Å². The van der Waals surface area contributed by atoms with Crippen molar-refractivity contribution >= 4 is 17.3 Å². The van der Waals surface area contributed by atoms with E-state index in [2.05, 4.69) is 4.98 Å². The predicted molar refractivity (Wildman–Crippen MR) is 48.9 cm³/mol. The van der Waals surface area contributed by atoms with Gasteiger partial charge in [-0.1, -0.05) is 0 Å². The summed E-state index contributed by atoms with van der Waals surface area (Å²) in [7, 11) is 1.83. The molecule has 0 aliphatic carbocycles. The van der Waals surface area contributed by atoms with E-state index in [-0.39, 0.29) is 5.56 Å². The second-order valence-corrected chi connectivity index (χ2v) is 2.90. The molecule has 4 heteroatoms. The van der Waals surface area contributed by atoms with Gasteiger partial charge in [0, 0.05) is 19.3 Å². The Labute approximate surface area is 73.8 Å². The van der Waals surface area contributed by atoms with E-state index in [1.807, 2.05) is 7.05 Å². The number of aromatic nitrogens is 2. The number of nitrogens with one attached hydrogen (secondary N) is 1. The van der Waals surface area contributed by atoms with Crippen LogP contribution in [0.25, 0.3) is 11.0 Å². The minimum Gasteiger partial charge on any atom is -0.349 e. The predicted octanol–water partition coefficient (Wildman–Crippen LogP) is 0.679. The quantitative estimate of drug-likeness (QED) is 0.649. The molecule has 0 fully saturated rings. The van der Waals surface area contributed by atoms with E-state index in [4.69, 9.17) is 0 Å². The molecule has 0 aliphatic heterocycles. The summed E-state index contributed by atoms with van der Waals surface area (Å²) < 4.78 is 1.80. The smallest absolute Gasteiger partial charge is 0.248 e. The fourth-order valence-corrected chi connectivity index (χ4v) is 1.41. The van der Waals surface area contributed by atoms with Crippen molar-refractivity contribution in [3.05, 3.63) is 34.2 Å². The van der Waals surface area contributed by atoms with Crippen molar-refractivity contribution in [2.45, 2.75) is 0 Å². The maximum absolute atomic E-state index is 11.0. The van der Waals surface area contributed by atoms with Crippen LogP contribution in [0.1, 0.15) is 10.4 Å². The molecule has 13 heavy (non-hydrogen) atoms. The van der Waals surface area contributed by atoms with Gasteiger partial charge in [0.2, 0.25) is 5.56 Å². The number of carbonyl (C=O) groups is 1. The molecular weight excluding hydrogens is 168 g/mol. The molecule has 2 aromatic rings. The van der Waals surface area contributed by atoms with E-state index >= 15 is 0 Å². The number of aldehydes is 1. The van der Waals surface area contributed by atoms with Gasteiger partial charge in [0.25, 0.3) is 0 Å². The molecule has 0 spiro atoms. The lowest BCUT2D eigenvalue weighted by atomic mass is 10.3. The molecule has 66 valence electrons. The summed E-state index contributed by atoms with van der Waals surface area (Å²) in [5.74, 6) is 0. The first kappa shape index (κ1) is 7.79. The molecule has 4 nitrogen and oxygen atoms in total. The van der Waals surface area contributed by atoms with Crippen LogP contribution in [0.5, 0.6) is 0 Å². The molecule has 0 bridgehead atoms. The SMILES string of the molecule is Cn1cc(C=O)c2[nH]c(=O)ccc21. The molecule has 0 radical (unpaired) electrons. The van der Waals surface area contributed by atoms with Crippen molar-refractivity contribution in [2.24, 2.45) is 7.05 Å². The van der Waals surface area contributed by atoms with Gasteiger partial charge in [-0.3, -0.25) is 9.59 Å². The Bertz CT molecular complexity index is 522. The van der Waals surface area contributed by atoms with Crippen molar-refractivity contribution in [2.75, 3.05) is 0 Å². The summed E-state index contributed by atoms with van der Waals surface area (Å²) >= 11 is 0. The molecule has 2 heterocycles. The van der Waals surface area contributed by atoms with Gasteiger partial charge in [0.05, 0.1) is 16.6 Å². The molecule has 0 saturated heterocycles. The Morgan fingerprint density at radius 2 is 2.23 bits per heavy atom. The van der Waals surface area contributed by atoms with Crippen molar-refractivity contribution < 1.29 is 4.79 Å². The summed E-state index contributed by atoms with van der Waals surface area (Å²) in [5, 5.41) is 0. The molecular formula is C9H8N2O2. The van der Waals surface area contributed by atoms with Gasteiger partial charge >= 0.3 is 0 Å². The fraction of sp³-hybridized carbons (Fsp3) is 0.111. The van der Waals surface area contributed by atoms with Gasteiger partial charge < -0.3 is 9.55 Å². The molecule has 1 N–H and O–H groups in total. The van der Waals surface area contributed by atoms with E-state index in [0.29, 0.717) is 11.1 Å². The van der Waals surface area contributed by atoms with Crippen LogP contribution in [-0.4, -0.2) is 15.8 Å². The maximum atomic E-state index is 11.0. The van der Waals surface area contributed by atoms with E-state index in [1.165, 1.54) is 6.07 Å². The summed E-state index contributed by atoms with van der Waals surface area (Å²) in [6.07, 6.45) is 2.42. The fourth-order valence-electron chi connectivity index (χ4n) is 1.41. The molecule has 0 saturated carbocycles. The number of pyridine rings is 1. The first-order valence-electron chi connectivity index (χ1n) is 3.86. The molecule has 0 amide bonds. The lowest BCUT2D eigenvalue weighted by molar-refractivity contribution is 0.112. The third kappa shape index (κ3) is 1.07. The largest absolute Gasteiger partial charge is 0.349 e. The highest BCUT2D eigenvalue weighted by Crippen LogP contribution is 2.14. The Morgan fingerprint density at radius 1 is 1.46 bits per heavy atom. The summed E-state index contributed by atoms with van der Waals surface area (Å²) in [6.45, 7) is 0. The molecule has 0 atom stereocenters. The van der Waals surface area contributed by atoms with Crippen LogP contribution in [0.4, 0.5) is 0 Å². The van der Waals surface area contributed by atoms with E-state index in [1.54, 1.807) is 16.8 Å². The van der Waals surface area contributed by atoms with Crippen molar-refractivity contribution in [3.8, 4) is 0 Å². The van der Waals surface area contributed by atoms with Gasteiger partial charge in [-0.15, -0.1) is 0 Å². The number of fused-ring (bicyclic) bond motifs is 1. The second-order valence-electron chi connectivity index (χ2n) is 2.90. The number of carbonyl (C=O) groups excluding carboxylic acids is 1. The zero-order chi connectivity index (χ0) is 9.42. The van der Waals surface area contributed by atoms with Crippen molar-refractivity contribution in [1.29, 1.82) is 0 Å². The van der Waals surface area contributed by atoms with Crippen LogP contribution in [0.15, 0.2) is 23.1 Å². The average Bonchev–Trinajstić information content (AvgIpc) is 2.42. The highest BCUT2D eigenvalue weighted by Gasteiger charge is 2.05. The number of hydrogen-bond donors (Lipinski definition) is 1. The number of hydrogen-bond acceptors (Lipinski definition) is 2. The number of aromatic amines is 1. The van der Waals surface area contributed by atoms with Gasteiger partial charge in [0.15, 0.2) is 6.29 Å². The average molecular weight is 176 g/mol. The molecule has 2 aromatic heterocycles. The first-order chi connectivity index (χ1) is 6.22. The van der Waals surface area contributed by atoms with Crippen LogP contribution >= 0.6 is 0 Å².